The summed E-state index contributed by atoms with van der Waals surface area (Å²) < 4.78 is 0. The van der Waals surface area contributed by atoms with Gasteiger partial charge in [0, 0.05) is 18.7 Å². The predicted octanol–water partition coefficient (Wildman–Crippen LogP) is 3.02. The molecular weight excluding hydrogens is 322 g/mol. The summed E-state index contributed by atoms with van der Waals surface area (Å²) in [6.45, 7) is 6.37. The summed E-state index contributed by atoms with van der Waals surface area (Å²) in [7, 11) is 0. The molecule has 0 unspecified atom stereocenters. The van der Waals surface area contributed by atoms with E-state index in [1.54, 1.807) is 4.90 Å². The molecule has 0 aliphatic rings. The number of carbonyl (C=O) groups excluding carboxylic acids is 1. The van der Waals surface area contributed by atoms with Crippen LogP contribution in [0.2, 0.25) is 0 Å². The summed E-state index contributed by atoms with van der Waals surface area (Å²) in [5, 5.41) is 16.4. The van der Waals surface area contributed by atoms with Gasteiger partial charge in [0.1, 0.15) is 5.82 Å². The Morgan fingerprint density at radius 3 is 2.62 bits per heavy atom. The Bertz CT molecular complexity index is 729. The second-order valence-corrected chi connectivity index (χ2v) is 6.45. The average molecular weight is 343 g/mol. The SMILES string of the molecule is CCc1nc(SCC(=O)N(CCC#N)c2cc(C)cc(C)c2)n[nH]1. The van der Waals surface area contributed by atoms with Crippen LogP contribution in [0.1, 0.15) is 30.3 Å². The fraction of sp³-hybridized carbons (Fsp3) is 0.412. The number of hydrogen-bond donors (Lipinski definition) is 1. The van der Waals surface area contributed by atoms with Crippen molar-refractivity contribution in [1.29, 1.82) is 5.26 Å². The van der Waals surface area contributed by atoms with E-state index in [1.807, 2.05) is 32.9 Å². The minimum absolute atomic E-state index is 0.0527. The Morgan fingerprint density at radius 1 is 1.33 bits per heavy atom. The molecule has 0 atom stereocenters. The first kappa shape index (κ1) is 18.0. The molecule has 0 aliphatic heterocycles. The Labute approximate surface area is 146 Å². The molecule has 0 aliphatic carbocycles. The number of aryl methyl sites for hydroxylation is 3. The highest BCUT2D eigenvalue weighted by Gasteiger charge is 2.17. The lowest BCUT2D eigenvalue weighted by Crippen LogP contribution is -2.33. The van der Waals surface area contributed by atoms with Crippen LogP contribution < -0.4 is 4.90 Å². The van der Waals surface area contributed by atoms with Crippen LogP contribution in [0.15, 0.2) is 23.4 Å². The fourth-order valence-corrected chi connectivity index (χ4v) is 3.06. The van der Waals surface area contributed by atoms with Gasteiger partial charge in [-0.05, 0) is 37.1 Å². The van der Waals surface area contributed by atoms with Crippen LogP contribution in [0.5, 0.6) is 0 Å². The van der Waals surface area contributed by atoms with E-state index in [9.17, 15) is 4.79 Å². The van der Waals surface area contributed by atoms with Gasteiger partial charge in [0.15, 0.2) is 0 Å². The number of rotatable bonds is 7. The molecule has 0 spiro atoms. The molecule has 1 N–H and O–H groups in total. The maximum absolute atomic E-state index is 12.7. The van der Waals surface area contributed by atoms with Gasteiger partial charge in [-0.25, -0.2) is 4.98 Å². The van der Waals surface area contributed by atoms with Gasteiger partial charge in [-0.15, -0.1) is 5.10 Å². The number of thioether (sulfide) groups is 1. The number of anilines is 1. The van der Waals surface area contributed by atoms with Crippen LogP contribution in [-0.4, -0.2) is 33.4 Å². The lowest BCUT2D eigenvalue weighted by Gasteiger charge is -2.22. The maximum atomic E-state index is 12.7. The number of nitriles is 1. The van der Waals surface area contributed by atoms with Crippen molar-refractivity contribution < 1.29 is 4.79 Å². The van der Waals surface area contributed by atoms with E-state index in [0.717, 1.165) is 29.1 Å². The zero-order chi connectivity index (χ0) is 17.5. The van der Waals surface area contributed by atoms with Crippen molar-refractivity contribution in [3.05, 3.63) is 35.2 Å². The lowest BCUT2D eigenvalue weighted by atomic mass is 10.1. The summed E-state index contributed by atoms with van der Waals surface area (Å²) in [6.07, 6.45) is 1.07. The summed E-state index contributed by atoms with van der Waals surface area (Å²) in [6, 6.07) is 8.10. The van der Waals surface area contributed by atoms with Crippen LogP contribution in [0, 0.1) is 25.2 Å². The second kappa shape index (κ2) is 8.50. The van der Waals surface area contributed by atoms with Gasteiger partial charge in [0.2, 0.25) is 11.1 Å². The monoisotopic (exact) mass is 343 g/mol. The van der Waals surface area contributed by atoms with Gasteiger partial charge in [-0.3, -0.25) is 9.89 Å². The first-order valence-corrected chi connectivity index (χ1v) is 8.81. The third kappa shape index (κ3) is 4.83. The van der Waals surface area contributed by atoms with Crippen molar-refractivity contribution in [3.63, 3.8) is 0 Å². The summed E-state index contributed by atoms with van der Waals surface area (Å²) in [4.78, 5) is 18.6. The van der Waals surface area contributed by atoms with Gasteiger partial charge < -0.3 is 4.90 Å². The van der Waals surface area contributed by atoms with E-state index in [-0.39, 0.29) is 11.7 Å². The number of amides is 1. The van der Waals surface area contributed by atoms with E-state index >= 15 is 0 Å². The number of hydrogen-bond acceptors (Lipinski definition) is 5. The molecule has 1 aromatic carbocycles. The van der Waals surface area contributed by atoms with Crippen LogP contribution in [0.25, 0.3) is 0 Å². The minimum Gasteiger partial charge on any atom is -0.311 e. The van der Waals surface area contributed by atoms with E-state index in [4.69, 9.17) is 5.26 Å². The molecule has 1 amide bonds. The van der Waals surface area contributed by atoms with Gasteiger partial charge in [0.05, 0.1) is 18.2 Å². The summed E-state index contributed by atoms with van der Waals surface area (Å²) in [5.74, 6) is 0.989. The first-order valence-electron chi connectivity index (χ1n) is 7.83. The molecule has 0 radical (unpaired) electrons. The molecule has 1 heterocycles. The number of aromatic amines is 1. The van der Waals surface area contributed by atoms with Crippen LogP contribution in [-0.2, 0) is 11.2 Å². The highest BCUT2D eigenvalue weighted by Crippen LogP contribution is 2.21. The van der Waals surface area contributed by atoms with Crippen molar-refractivity contribution in [2.24, 2.45) is 0 Å². The normalized spacial score (nSPS) is 10.4. The van der Waals surface area contributed by atoms with E-state index in [2.05, 4.69) is 27.3 Å². The highest BCUT2D eigenvalue weighted by atomic mass is 32.2. The Morgan fingerprint density at radius 2 is 2.04 bits per heavy atom. The number of aromatic nitrogens is 3. The zero-order valence-corrected chi connectivity index (χ0v) is 15.0. The van der Waals surface area contributed by atoms with Gasteiger partial charge in [-0.2, -0.15) is 5.26 Å². The quantitative estimate of drug-likeness (QED) is 0.781. The number of benzene rings is 1. The summed E-state index contributed by atoms with van der Waals surface area (Å²) >= 11 is 1.30. The molecule has 6 nitrogen and oxygen atoms in total. The Kier molecular flexibility index (Phi) is 6.38. The topological polar surface area (TPSA) is 85.7 Å². The van der Waals surface area contributed by atoms with Gasteiger partial charge in [-0.1, -0.05) is 24.8 Å². The standard InChI is InChI=1S/C17H21N5OS/c1-4-15-19-17(21-20-15)24-11-16(23)22(7-5-6-18)14-9-12(2)8-13(3)10-14/h8-10H,4-5,7,11H2,1-3H3,(H,19,20,21). The molecule has 2 rings (SSSR count). The number of nitrogens with one attached hydrogen (secondary N) is 1. The number of carbonyl (C=O) groups is 1. The second-order valence-electron chi connectivity index (χ2n) is 5.51. The van der Waals surface area contributed by atoms with Crippen LogP contribution in [0.4, 0.5) is 5.69 Å². The largest absolute Gasteiger partial charge is 0.311 e. The molecule has 2 aromatic rings. The molecular formula is C17H21N5OS. The van der Waals surface area contributed by atoms with Crippen molar-refractivity contribution in [1.82, 2.24) is 15.2 Å². The molecule has 24 heavy (non-hydrogen) atoms. The van der Waals surface area contributed by atoms with E-state index < -0.39 is 0 Å². The minimum atomic E-state index is -0.0527. The lowest BCUT2D eigenvalue weighted by molar-refractivity contribution is -0.116. The molecule has 0 saturated carbocycles. The van der Waals surface area contributed by atoms with E-state index in [0.29, 0.717) is 18.1 Å². The van der Waals surface area contributed by atoms with E-state index in [1.165, 1.54) is 11.8 Å². The molecule has 1 aromatic heterocycles. The van der Waals surface area contributed by atoms with Crippen molar-refractivity contribution in [2.45, 2.75) is 38.8 Å². The van der Waals surface area contributed by atoms with Gasteiger partial charge in [0.25, 0.3) is 0 Å². The maximum Gasteiger partial charge on any atom is 0.237 e. The first-order chi connectivity index (χ1) is 11.5. The Balaban J connectivity index is 2.11. The van der Waals surface area contributed by atoms with Crippen molar-refractivity contribution in [2.75, 3.05) is 17.2 Å². The fourth-order valence-electron chi connectivity index (χ4n) is 2.37. The number of H-pyrrole nitrogens is 1. The van der Waals surface area contributed by atoms with Crippen LogP contribution >= 0.6 is 11.8 Å². The third-order valence-electron chi connectivity index (χ3n) is 3.44. The smallest absolute Gasteiger partial charge is 0.237 e. The Hall–Kier alpha value is -2.33. The molecule has 0 fully saturated rings. The van der Waals surface area contributed by atoms with Crippen molar-refractivity contribution >= 4 is 23.4 Å². The average Bonchev–Trinajstić information content (AvgIpc) is 3.00. The molecule has 0 bridgehead atoms. The van der Waals surface area contributed by atoms with Gasteiger partial charge >= 0.3 is 0 Å². The molecule has 126 valence electrons. The van der Waals surface area contributed by atoms with Crippen LogP contribution in [0.3, 0.4) is 0 Å². The molecule has 0 saturated heterocycles. The number of nitrogens with zero attached hydrogens (tertiary/aromatic N) is 4. The highest BCUT2D eigenvalue weighted by molar-refractivity contribution is 7.99. The van der Waals surface area contributed by atoms with Crippen molar-refractivity contribution in [3.8, 4) is 6.07 Å². The predicted molar refractivity (Wildman–Crippen MR) is 95.0 cm³/mol. The zero-order valence-electron chi connectivity index (χ0n) is 14.2. The third-order valence-corrected chi connectivity index (χ3v) is 4.27. The molecule has 7 heteroatoms. The summed E-state index contributed by atoms with van der Waals surface area (Å²) in [5.41, 5.74) is 3.01.